The van der Waals surface area contributed by atoms with Crippen LogP contribution in [0.2, 0.25) is 5.02 Å². The zero-order valence-electron chi connectivity index (χ0n) is 17.6. The van der Waals surface area contributed by atoms with Crippen molar-refractivity contribution in [2.24, 2.45) is 0 Å². The Labute approximate surface area is 189 Å². The van der Waals surface area contributed by atoms with Crippen LogP contribution in [0.1, 0.15) is 29.8 Å². The lowest BCUT2D eigenvalue weighted by molar-refractivity contribution is -0.141. The Morgan fingerprint density at radius 2 is 1.91 bits per heavy atom. The lowest BCUT2D eigenvalue weighted by Gasteiger charge is -2.41. The predicted molar refractivity (Wildman–Crippen MR) is 113 cm³/mol. The number of fused-ring (bicyclic) bond motifs is 1. The number of β-amino-alcohol motifs (C(OH)–C–C–N with tert-alkyl or cyclic N) is 1. The Bertz CT molecular complexity index is 1030. The molecule has 6 nitrogen and oxygen atoms in total. The Kier molecular flexibility index (Phi) is 5.26. The van der Waals surface area contributed by atoms with E-state index in [-0.39, 0.29) is 29.8 Å². The Morgan fingerprint density at radius 1 is 1.16 bits per heavy atom. The average molecular weight is 469 g/mol. The standard InChI is InChI=1S/C22H24ClF3N4O2/c1-13-8-19(22(24,25)26)28-20(27-13)30-11-16(17(31)12-30)29-6-4-21(5-7-29)10-14-9-15(23)2-3-18(14)32-21/h2-3,8-9,16-17,31H,4-7,10-12H2,1H3/t16?,17-/m1/s1. The molecule has 4 heterocycles. The number of anilines is 1. The van der Waals surface area contributed by atoms with E-state index in [0.29, 0.717) is 11.6 Å². The SMILES string of the molecule is Cc1cc(C(F)(F)F)nc(N2CC(N3CCC4(CC3)Cc3cc(Cl)ccc3O4)[C@H](O)C2)n1. The highest BCUT2D eigenvalue weighted by atomic mass is 35.5. The van der Waals surface area contributed by atoms with Gasteiger partial charge in [-0.25, -0.2) is 9.97 Å². The summed E-state index contributed by atoms with van der Waals surface area (Å²) in [5.41, 5.74) is 0.151. The van der Waals surface area contributed by atoms with Crippen LogP contribution >= 0.6 is 11.6 Å². The van der Waals surface area contributed by atoms with E-state index in [0.717, 1.165) is 49.7 Å². The predicted octanol–water partition coefficient (Wildman–Crippen LogP) is 3.48. The number of rotatable bonds is 2. The number of aliphatic hydroxyl groups is 1. The molecule has 3 aliphatic heterocycles. The lowest BCUT2D eigenvalue weighted by atomic mass is 9.86. The van der Waals surface area contributed by atoms with E-state index in [4.69, 9.17) is 16.3 Å². The number of likely N-dealkylation sites (tertiary alicyclic amines) is 1. The summed E-state index contributed by atoms with van der Waals surface area (Å²) in [6.07, 6.45) is -2.80. The summed E-state index contributed by atoms with van der Waals surface area (Å²) < 4.78 is 45.8. The van der Waals surface area contributed by atoms with Gasteiger partial charge in [0, 0.05) is 56.2 Å². The normalized spacial score (nSPS) is 25.2. The number of nitrogens with zero attached hydrogens (tertiary/aromatic N) is 4. The molecule has 2 saturated heterocycles. The second-order valence-electron chi connectivity index (χ2n) is 8.98. The van der Waals surface area contributed by atoms with Crippen LogP contribution < -0.4 is 9.64 Å². The fourth-order valence-electron chi connectivity index (χ4n) is 5.08. The van der Waals surface area contributed by atoms with E-state index in [1.807, 2.05) is 18.2 Å². The maximum Gasteiger partial charge on any atom is 0.433 e. The van der Waals surface area contributed by atoms with Gasteiger partial charge < -0.3 is 14.7 Å². The summed E-state index contributed by atoms with van der Waals surface area (Å²) in [4.78, 5) is 11.8. The van der Waals surface area contributed by atoms with E-state index in [9.17, 15) is 18.3 Å². The quantitative estimate of drug-likeness (QED) is 0.728. The van der Waals surface area contributed by atoms with Crippen LogP contribution in [0.15, 0.2) is 24.3 Å². The summed E-state index contributed by atoms with van der Waals surface area (Å²) in [6.45, 7) is 3.57. The van der Waals surface area contributed by atoms with Crippen LogP contribution in [0.5, 0.6) is 5.75 Å². The highest BCUT2D eigenvalue weighted by molar-refractivity contribution is 6.30. The van der Waals surface area contributed by atoms with Crippen LogP contribution in [0.3, 0.4) is 0 Å². The summed E-state index contributed by atoms with van der Waals surface area (Å²) in [5, 5.41) is 11.4. The molecular weight excluding hydrogens is 445 g/mol. The van der Waals surface area contributed by atoms with Gasteiger partial charge in [-0.05, 0) is 36.8 Å². The number of halogens is 4. The second kappa shape index (κ2) is 7.74. The third kappa shape index (κ3) is 4.02. The number of hydrogen-bond donors (Lipinski definition) is 1. The molecule has 0 aliphatic carbocycles. The minimum Gasteiger partial charge on any atom is -0.487 e. The van der Waals surface area contributed by atoms with Gasteiger partial charge in [-0.1, -0.05) is 11.6 Å². The van der Waals surface area contributed by atoms with Crippen molar-refractivity contribution in [1.29, 1.82) is 0 Å². The van der Waals surface area contributed by atoms with Crippen molar-refractivity contribution < 1.29 is 23.0 Å². The fraction of sp³-hybridized carbons (Fsp3) is 0.545. The van der Waals surface area contributed by atoms with Gasteiger partial charge in [-0.2, -0.15) is 13.2 Å². The first-order chi connectivity index (χ1) is 15.1. The third-order valence-electron chi connectivity index (χ3n) is 6.71. The van der Waals surface area contributed by atoms with Crippen molar-refractivity contribution in [1.82, 2.24) is 14.9 Å². The molecule has 1 spiro atoms. The summed E-state index contributed by atoms with van der Waals surface area (Å²) in [6, 6.07) is 6.44. The molecule has 32 heavy (non-hydrogen) atoms. The zero-order valence-corrected chi connectivity index (χ0v) is 18.3. The Morgan fingerprint density at radius 3 is 2.62 bits per heavy atom. The molecule has 3 aliphatic rings. The minimum atomic E-state index is -4.54. The van der Waals surface area contributed by atoms with Gasteiger partial charge in [-0.15, -0.1) is 0 Å². The molecule has 0 bridgehead atoms. The number of benzene rings is 1. The van der Waals surface area contributed by atoms with Gasteiger partial charge in [0.1, 0.15) is 17.0 Å². The van der Waals surface area contributed by atoms with E-state index < -0.39 is 18.0 Å². The minimum absolute atomic E-state index is 0.0128. The smallest absolute Gasteiger partial charge is 0.433 e. The summed E-state index contributed by atoms with van der Waals surface area (Å²) >= 11 is 6.12. The van der Waals surface area contributed by atoms with Crippen LogP contribution in [0.25, 0.3) is 0 Å². The monoisotopic (exact) mass is 468 g/mol. The summed E-state index contributed by atoms with van der Waals surface area (Å²) in [5.74, 6) is 0.894. The molecule has 10 heteroatoms. The van der Waals surface area contributed by atoms with Gasteiger partial charge in [0.2, 0.25) is 5.95 Å². The van der Waals surface area contributed by atoms with Crippen LogP contribution in [0.4, 0.5) is 19.1 Å². The van der Waals surface area contributed by atoms with Crippen LogP contribution in [0, 0.1) is 6.92 Å². The number of aromatic nitrogens is 2. The van der Waals surface area contributed by atoms with Gasteiger partial charge in [0.05, 0.1) is 12.1 Å². The average Bonchev–Trinajstić information content (AvgIpc) is 3.27. The number of ether oxygens (including phenoxy) is 1. The molecule has 5 rings (SSSR count). The van der Waals surface area contributed by atoms with E-state index in [2.05, 4.69) is 14.9 Å². The van der Waals surface area contributed by atoms with Crippen molar-refractivity contribution in [3.8, 4) is 5.75 Å². The molecule has 0 saturated carbocycles. The van der Waals surface area contributed by atoms with Crippen LogP contribution in [-0.2, 0) is 12.6 Å². The van der Waals surface area contributed by atoms with Gasteiger partial charge in [-0.3, -0.25) is 4.90 Å². The number of piperidine rings is 1. The molecule has 1 unspecified atom stereocenters. The first kappa shape index (κ1) is 21.7. The molecule has 1 aromatic heterocycles. The third-order valence-corrected chi connectivity index (χ3v) is 6.95. The van der Waals surface area contributed by atoms with Crippen molar-refractivity contribution in [2.45, 2.75) is 50.1 Å². The highest BCUT2D eigenvalue weighted by Crippen LogP contribution is 2.42. The van der Waals surface area contributed by atoms with Gasteiger partial charge >= 0.3 is 6.18 Å². The molecule has 172 valence electrons. The first-order valence-electron chi connectivity index (χ1n) is 10.7. The topological polar surface area (TPSA) is 61.7 Å². The molecular formula is C22H24ClF3N4O2. The first-order valence-corrected chi connectivity index (χ1v) is 11.1. The van der Waals surface area contributed by atoms with Gasteiger partial charge in [0.25, 0.3) is 0 Å². The maximum atomic E-state index is 13.2. The maximum absolute atomic E-state index is 13.2. The van der Waals surface area contributed by atoms with Crippen molar-refractivity contribution in [3.05, 3.63) is 46.2 Å². The molecule has 2 atom stereocenters. The number of hydrogen-bond acceptors (Lipinski definition) is 6. The van der Waals surface area contributed by atoms with Crippen molar-refractivity contribution in [2.75, 3.05) is 31.1 Å². The molecule has 2 aromatic rings. The van der Waals surface area contributed by atoms with E-state index in [1.165, 1.54) is 6.92 Å². The lowest BCUT2D eigenvalue weighted by Crippen LogP contribution is -2.53. The zero-order chi connectivity index (χ0) is 22.7. The number of aliphatic hydroxyl groups excluding tert-OH is 1. The molecule has 0 amide bonds. The van der Waals surface area contributed by atoms with Gasteiger partial charge in [0.15, 0.2) is 0 Å². The van der Waals surface area contributed by atoms with E-state index in [1.54, 1.807) is 4.90 Å². The highest BCUT2D eigenvalue weighted by Gasteiger charge is 2.46. The van der Waals surface area contributed by atoms with Crippen molar-refractivity contribution >= 4 is 17.5 Å². The molecule has 0 radical (unpaired) electrons. The number of alkyl halides is 3. The number of aryl methyl sites for hydroxylation is 1. The molecule has 1 N–H and O–H groups in total. The molecule has 2 fully saturated rings. The largest absolute Gasteiger partial charge is 0.487 e. The fourth-order valence-corrected chi connectivity index (χ4v) is 5.27. The Balaban J connectivity index is 1.26. The summed E-state index contributed by atoms with van der Waals surface area (Å²) in [7, 11) is 0. The van der Waals surface area contributed by atoms with Crippen LogP contribution in [-0.4, -0.2) is 63.9 Å². The van der Waals surface area contributed by atoms with E-state index >= 15 is 0 Å². The van der Waals surface area contributed by atoms with Crippen molar-refractivity contribution in [3.63, 3.8) is 0 Å². The Hall–Kier alpha value is -2.10. The molecule has 1 aromatic carbocycles. The second-order valence-corrected chi connectivity index (χ2v) is 9.42.